The number of carbonyl (C=O) groups is 2. The first-order valence-corrected chi connectivity index (χ1v) is 7.63. The van der Waals surface area contributed by atoms with E-state index < -0.39 is 11.9 Å². The van der Waals surface area contributed by atoms with Crippen LogP contribution < -0.4 is 25.8 Å². The molecule has 2 aromatic carbocycles. The summed E-state index contributed by atoms with van der Waals surface area (Å²) in [5.74, 6) is 0.501. The molecular formula is C18H21N3O4. The van der Waals surface area contributed by atoms with Crippen LogP contribution in [-0.4, -0.2) is 32.1 Å². The number of benzene rings is 2. The molecule has 132 valence electrons. The lowest BCUT2D eigenvalue weighted by molar-refractivity contribution is -0.116. The van der Waals surface area contributed by atoms with Gasteiger partial charge in [-0.05, 0) is 31.2 Å². The van der Waals surface area contributed by atoms with Crippen molar-refractivity contribution in [3.63, 3.8) is 0 Å². The van der Waals surface area contributed by atoms with Gasteiger partial charge in [0.1, 0.15) is 17.5 Å². The van der Waals surface area contributed by atoms with Crippen LogP contribution >= 0.6 is 0 Å². The molecule has 0 saturated heterocycles. The lowest BCUT2D eigenvalue weighted by Gasteiger charge is -2.17. The zero-order chi connectivity index (χ0) is 18.4. The quantitative estimate of drug-likeness (QED) is 0.715. The Morgan fingerprint density at radius 1 is 0.960 bits per heavy atom. The highest BCUT2D eigenvalue weighted by molar-refractivity contribution is 5.97. The molecule has 0 radical (unpaired) electrons. The van der Waals surface area contributed by atoms with E-state index in [0.717, 1.165) is 0 Å². The van der Waals surface area contributed by atoms with E-state index in [2.05, 4.69) is 10.6 Å². The Kier molecular flexibility index (Phi) is 5.84. The highest BCUT2D eigenvalue weighted by Crippen LogP contribution is 2.26. The van der Waals surface area contributed by atoms with Crippen molar-refractivity contribution in [1.82, 2.24) is 0 Å². The molecule has 0 spiro atoms. The maximum atomic E-state index is 12.3. The molecule has 0 aliphatic carbocycles. The second-order valence-corrected chi connectivity index (χ2v) is 5.40. The molecule has 0 fully saturated rings. The van der Waals surface area contributed by atoms with Crippen LogP contribution in [-0.2, 0) is 4.79 Å². The van der Waals surface area contributed by atoms with Crippen LogP contribution in [0, 0.1) is 0 Å². The summed E-state index contributed by atoms with van der Waals surface area (Å²) in [6, 6.07) is 11.1. The standard InChI is InChI=1S/C18H21N3O4/c1-11(20-14-8-15(24-2)10-16(9-14)25-3)18(23)21-13-6-4-12(5-7-13)17(19)22/h4-11,20H,1-3H3,(H2,19,22)(H,21,23)/t11-/m0/s1. The van der Waals surface area contributed by atoms with Gasteiger partial charge < -0.3 is 25.8 Å². The molecule has 0 bridgehead atoms. The van der Waals surface area contributed by atoms with Crippen molar-refractivity contribution in [2.24, 2.45) is 5.73 Å². The van der Waals surface area contributed by atoms with Crippen LogP contribution in [0.15, 0.2) is 42.5 Å². The maximum absolute atomic E-state index is 12.3. The predicted molar refractivity (Wildman–Crippen MR) is 96.2 cm³/mol. The smallest absolute Gasteiger partial charge is 0.248 e. The predicted octanol–water partition coefficient (Wildman–Crippen LogP) is 2.24. The average molecular weight is 343 g/mol. The molecule has 0 aliphatic heterocycles. The van der Waals surface area contributed by atoms with Gasteiger partial charge in [0.05, 0.1) is 14.2 Å². The molecule has 2 amide bonds. The lowest BCUT2D eigenvalue weighted by atomic mass is 10.2. The first-order chi connectivity index (χ1) is 11.9. The molecule has 25 heavy (non-hydrogen) atoms. The summed E-state index contributed by atoms with van der Waals surface area (Å²) in [5, 5.41) is 5.86. The van der Waals surface area contributed by atoms with Gasteiger partial charge in [-0.25, -0.2) is 0 Å². The number of methoxy groups -OCH3 is 2. The van der Waals surface area contributed by atoms with E-state index in [0.29, 0.717) is 28.4 Å². The third-order valence-electron chi connectivity index (χ3n) is 3.56. The number of hydrogen-bond acceptors (Lipinski definition) is 5. The van der Waals surface area contributed by atoms with E-state index in [9.17, 15) is 9.59 Å². The van der Waals surface area contributed by atoms with E-state index in [1.54, 1.807) is 63.6 Å². The monoisotopic (exact) mass is 343 g/mol. The van der Waals surface area contributed by atoms with Gasteiger partial charge in [0, 0.05) is 35.1 Å². The van der Waals surface area contributed by atoms with Crippen LogP contribution in [0.3, 0.4) is 0 Å². The van der Waals surface area contributed by atoms with Gasteiger partial charge in [-0.1, -0.05) is 0 Å². The molecule has 0 saturated carbocycles. The summed E-state index contributed by atoms with van der Waals surface area (Å²) < 4.78 is 10.4. The Morgan fingerprint density at radius 2 is 1.52 bits per heavy atom. The van der Waals surface area contributed by atoms with Crippen molar-refractivity contribution in [2.45, 2.75) is 13.0 Å². The lowest BCUT2D eigenvalue weighted by Crippen LogP contribution is -2.31. The van der Waals surface area contributed by atoms with Crippen molar-refractivity contribution >= 4 is 23.2 Å². The van der Waals surface area contributed by atoms with Gasteiger partial charge in [0.25, 0.3) is 0 Å². The minimum absolute atomic E-state index is 0.228. The molecule has 4 N–H and O–H groups in total. The SMILES string of the molecule is COc1cc(N[C@@H](C)C(=O)Nc2ccc(C(N)=O)cc2)cc(OC)c1. The highest BCUT2D eigenvalue weighted by Gasteiger charge is 2.14. The number of ether oxygens (including phenoxy) is 2. The fourth-order valence-electron chi connectivity index (χ4n) is 2.17. The summed E-state index contributed by atoms with van der Waals surface area (Å²) in [7, 11) is 3.12. The minimum atomic E-state index is -0.514. The minimum Gasteiger partial charge on any atom is -0.497 e. The average Bonchev–Trinajstić information content (AvgIpc) is 2.61. The second-order valence-electron chi connectivity index (χ2n) is 5.40. The van der Waals surface area contributed by atoms with Crippen LogP contribution in [0.1, 0.15) is 17.3 Å². The fourth-order valence-corrected chi connectivity index (χ4v) is 2.17. The number of hydrogen-bond donors (Lipinski definition) is 3. The van der Waals surface area contributed by atoms with Gasteiger partial charge in [0.2, 0.25) is 11.8 Å². The Balaban J connectivity index is 2.03. The van der Waals surface area contributed by atoms with Crippen molar-refractivity contribution < 1.29 is 19.1 Å². The van der Waals surface area contributed by atoms with Gasteiger partial charge in [0.15, 0.2) is 0 Å². The molecule has 2 aromatic rings. The number of anilines is 2. The molecule has 0 aromatic heterocycles. The Morgan fingerprint density at radius 3 is 2.00 bits per heavy atom. The Hall–Kier alpha value is -3.22. The van der Waals surface area contributed by atoms with E-state index in [1.807, 2.05) is 0 Å². The topological polar surface area (TPSA) is 103 Å². The first kappa shape index (κ1) is 18.1. The number of primary amides is 1. The van der Waals surface area contributed by atoms with Crippen LogP contribution in [0.4, 0.5) is 11.4 Å². The largest absolute Gasteiger partial charge is 0.497 e. The van der Waals surface area contributed by atoms with Crippen LogP contribution in [0.25, 0.3) is 0 Å². The van der Waals surface area contributed by atoms with Gasteiger partial charge in [-0.3, -0.25) is 9.59 Å². The van der Waals surface area contributed by atoms with Gasteiger partial charge >= 0.3 is 0 Å². The molecule has 0 aliphatic rings. The highest BCUT2D eigenvalue weighted by atomic mass is 16.5. The maximum Gasteiger partial charge on any atom is 0.248 e. The van der Waals surface area contributed by atoms with Gasteiger partial charge in [-0.15, -0.1) is 0 Å². The molecule has 2 rings (SSSR count). The molecule has 1 atom stereocenters. The van der Waals surface area contributed by atoms with E-state index in [4.69, 9.17) is 15.2 Å². The zero-order valence-electron chi connectivity index (χ0n) is 14.3. The van der Waals surface area contributed by atoms with E-state index >= 15 is 0 Å². The third kappa shape index (κ3) is 4.87. The van der Waals surface area contributed by atoms with Crippen LogP contribution in [0.2, 0.25) is 0 Å². The summed E-state index contributed by atoms with van der Waals surface area (Å²) in [6.07, 6.45) is 0. The number of nitrogens with two attached hydrogens (primary N) is 1. The summed E-state index contributed by atoms with van der Waals surface area (Å²) >= 11 is 0. The third-order valence-corrected chi connectivity index (χ3v) is 3.56. The van der Waals surface area contributed by atoms with E-state index in [1.165, 1.54) is 0 Å². The number of carbonyl (C=O) groups excluding carboxylic acids is 2. The summed E-state index contributed by atoms with van der Waals surface area (Å²) in [4.78, 5) is 23.4. The van der Waals surface area contributed by atoms with Crippen molar-refractivity contribution in [3.8, 4) is 11.5 Å². The summed E-state index contributed by atoms with van der Waals surface area (Å²) in [5.41, 5.74) is 6.84. The number of nitrogens with one attached hydrogen (secondary N) is 2. The zero-order valence-corrected chi connectivity index (χ0v) is 14.3. The van der Waals surface area contributed by atoms with Crippen molar-refractivity contribution in [2.75, 3.05) is 24.9 Å². The molecular weight excluding hydrogens is 322 g/mol. The fraction of sp³-hybridized carbons (Fsp3) is 0.222. The second kappa shape index (κ2) is 8.05. The van der Waals surface area contributed by atoms with Crippen LogP contribution in [0.5, 0.6) is 11.5 Å². The Labute approximate surface area is 146 Å². The van der Waals surface area contributed by atoms with Crippen molar-refractivity contribution in [1.29, 1.82) is 0 Å². The molecule has 0 heterocycles. The summed E-state index contributed by atoms with van der Waals surface area (Å²) in [6.45, 7) is 1.74. The first-order valence-electron chi connectivity index (χ1n) is 7.63. The number of amides is 2. The van der Waals surface area contributed by atoms with Crippen molar-refractivity contribution in [3.05, 3.63) is 48.0 Å². The van der Waals surface area contributed by atoms with Gasteiger partial charge in [-0.2, -0.15) is 0 Å². The Bertz CT molecular complexity index is 737. The normalized spacial score (nSPS) is 11.3. The molecule has 0 unspecified atom stereocenters. The van der Waals surface area contributed by atoms with E-state index in [-0.39, 0.29) is 5.91 Å². The molecule has 7 heteroatoms. The number of rotatable bonds is 7. The molecule has 7 nitrogen and oxygen atoms in total.